The zero-order valence-corrected chi connectivity index (χ0v) is 23.3. The number of para-hydroxylation sites is 2. The number of hydrogen-bond donors (Lipinski definition) is 0. The molecule has 0 aliphatic heterocycles. The van der Waals surface area contributed by atoms with Crippen LogP contribution in [0.4, 0.5) is 0 Å². The lowest BCUT2D eigenvalue weighted by atomic mass is 9.93. The molecular formula is C40H25N3. The normalized spacial score (nSPS) is 11.7. The van der Waals surface area contributed by atoms with Crippen LogP contribution in [-0.2, 0) is 0 Å². The van der Waals surface area contributed by atoms with Gasteiger partial charge in [-0.25, -0.2) is 9.97 Å². The molecule has 0 aliphatic rings. The van der Waals surface area contributed by atoms with E-state index in [2.05, 4.69) is 156 Å². The molecule has 3 heteroatoms. The number of rotatable bonds is 3. The third kappa shape index (κ3) is 3.68. The maximum Gasteiger partial charge on any atom is 0.235 e. The third-order valence-electron chi connectivity index (χ3n) is 8.60. The molecule has 0 unspecified atom stereocenters. The molecule has 0 aliphatic carbocycles. The summed E-state index contributed by atoms with van der Waals surface area (Å²) < 4.78 is 2.23. The fourth-order valence-corrected chi connectivity index (χ4v) is 6.62. The van der Waals surface area contributed by atoms with Crippen molar-refractivity contribution in [1.82, 2.24) is 14.5 Å². The third-order valence-corrected chi connectivity index (χ3v) is 8.60. The molecule has 0 bridgehead atoms. The van der Waals surface area contributed by atoms with Crippen molar-refractivity contribution in [1.29, 1.82) is 0 Å². The Kier molecular flexibility index (Phi) is 5.20. The molecule has 9 aromatic rings. The number of nitrogens with zero attached hydrogens (tertiary/aromatic N) is 3. The summed E-state index contributed by atoms with van der Waals surface area (Å²) in [5.41, 5.74) is 7.57. The molecule has 7 aromatic carbocycles. The topological polar surface area (TPSA) is 30.7 Å². The fourth-order valence-electron chi connectivity index (χ4n) is 6.62. The van der Waals surface area contributed by atoms with Crippen molar-refractivity contribution in [3.63, 3.8) is 0 Å². The van der Waals surface area contributed by atoms with Gasteiger partial charge in [0, 0.05) is 21.7 Å². The highest BCUT2D eigenvalue weighted by Gasteiger charge is 2.19. The van der Waals surface area contributed by atoms with Gasteiger partial charge in [0.2, 0.25) is 5.95 Å². The van der Waals surface area contributed by atoms with Crippen molar-refractivity contribution in [2.75, 3.05) is 0 Å². The first-order valence-corrected chi connectivity index (χ1v) is 14.6. The minimum Gasteiger partial charge on any atom is -0.278 e. The minimum atomic E-state index is 0.673. The largest absolute Gasteiger partial charge is 0.278 e. The van der Waals surface area contributed by atoms with Gasteiger partial charge in [0.1, 0.15) is 0 Å². The lowest BCUT2D eigenvalue weighted by molar-refractivity contribution is 1.01. The Morgan fingerprint density at radius 2 is 1.00 bits per heavy atom. The molecule has 0 saturated carbocycles. The molecule has 9 rings (SSSR count). The van der Waals surface area contributed by atoms with Crippen LogP contribution in [-0.4, -0.2) is 14.5 Å². The van der Waals surface area contributed by atoms with E-state index < -0.39 is 0 Å². The quantitative estimate of drug-likeness (QED) is 0.220. The van der Waals surface area contributed by atoms with E-state index in [0.717, 1.165) is 33.2 Å². The SMILES string of the molecule is c1ccc(-c2ccc(-c3nc(-n4c5ccccc5c5cc6ccccc6cc54)nc4ccccc34)c3ccccc23)cc1. The van der Waals surface area contributed by atoms with E-state index in [0.29, 0.717) is 5.95 Å². The highest BCUT2D eigenvalue weighted by molar-refractivity contribution is 6.14. The molecule has 0 fully saturated rings. The first kappa shape index (κ1) is 23.9. The van der Waals surface area contributed by atoms with Crippen LogP contribution in [0.2, 0.25) is 0 Å². The van der Waals surface area contributed by atoms with Crippen molar-refractivity contribution >= 4 is 54.3 Å². The van der Waals surface area contributed by atoms with E-state index in [9.17, 15) is 0 Å². The van der Waals surface area contributed by atoms with E-state index in [-0.39, 0.29) is 0 Å². The number of hydrogen-bond acceptors (Lipinski definition) is 2. The van der Waals surface area contributed by atoms with Gasteiger partial charge in [-0.05, 0) is 56.9 Å². The summed E-state index contributed by atoms with van der Waals surface area (Å²) in [6.45, 7) is 0. The van der Waals surface area contributed by atoms with Gasteiger partial charge < -0.3 is 0 Å². The maximum absolute atomic E-state index is 5.40. The van der Waals surface area contributed by atoms with Gasteiger partial charge in [-0.2, -0.15) is 0 Å². The Morgan fingerprint density at radius 3 is 1.81 bits per heavy atom. The first-order valence-electron chi connectivity index (χ1n) is 14.6. The summed E-state index contributed by atoms with van der Waals surface area (Å²) in [7, 11) is 0. The summed E-state index contributed by atoms with van der Waals surface area (Å²) in [6.07, 6.45) is 0. The Balaban J connectivity index is 1.37. The van der Waals surface area contributed by atoms with Crippen molar-refractivity contribution < 1.29 is 0 Å². The lowest BCUT2D eigenvalue weighted by Gasteiger charge is -2.15. The van der Waals surface area contributed by atoms with Crippen LogP contribution in [0.3, 0.4) is 0 Å². The summed E-state index contributed by atoms with van der Waals surface area (Å²) in [5, 5.41) is 8.23. The summed E-state index contributed by atoms with van der Waals surface area (Å²) >= 11 is 0. The number of benzene rings is 7. The molecule has 0 amide bonds. The van der Waals surface area contributed by atoms with E-state index in [1.54, 1.807) is 0 Å². The van der Waals surface area contributed by atoms with Gasteiger partial charge in [0.05, 0.1) is 22.2 Å². The zero-order valence-electron chi connectivity index (χ0n) is 23.3. The van der Waals surface area contributed by atoms with Crippen LogP contribution in [0.1, 0.15) is 0 Å². The van der Waals surface area contributed by atoms with Crippen LogP contribution in [0.5, 0.6) is 0 Å². The standard InChI is InChI=1S/C40H25N3/c1-2-12-26(13-3-1)29-22-23-33(31-17-7-6-16-30(29)31)39-34-19-8-10-20-36(34)41-40(42-39)43-37-21-11-9-18-32(37)35-24-27-14-4-5-15-28(27)25-38(35)43/h1-25H. The molecule has 200 valence electrons. The molecule has 2 heterocycles. The lowest BCUT2D eigenvalue weighted by Crippen LogP contribution is -2.03. The predicted octanol–water partition coefficient (Wildman–Crippen LogP) is 10.4. The van der Waals surface area contributed by atoms with Gasteiger partial charge in [-0.1, -0.05) is 127 Å². The second-order valence-corrected chi connectivity index (χ2v) is 11.0. The zero-order chi connectivity index (χ0) is 28.3. The Bertz CT molecular complexity index is 2510. The second-order valence-electron chi connectivity index (χ2n) is 11.0. The molecule has 3 nitrogen and oxygen atoms in total. The molecule has 2 aromatic heterocycles. The van der Waals surface area contributed by atoms with Crippen molar-refractivity contribution in [2.24, 2.45) is 0 Å². The van der Waals surface area contributed by atoms with E-state index in [4.69, 9.17) is 9.97 Å². The monoisotopic (exact) mass is 547 g/mol. The maximum atomic E-state index is 5.40. The van der Waals surface area contributed by atoms with Gasteiger partial charge in [-0.15, -0.1) is 0 Å². The summed E-state index contributed by atoms with van der Waals surface area (Å²) in [4.78, 5) is 10.6. The summed E-state index contributed by atoms with van der Waals surface area (Å²) in [5.74, 6) is 0.673. The molecule has 0 radical (unpaired) electrons. The van der Waals surface area contributed by atoms with Gasteiger partial charge in [0.15, 0.2) is 0 Å². The van der Waals surface area contributed by atoms with Crippen LogP contribution in [0.15, 0.2) is 152 Å². The van der Waals surface area contributed by atoms with E-state index >= 15 is 0 Å². The van der Waals surface area contributed by atoms with Gasteiger partial charge in [0.25, 0.3) is 0 Å². The van der Waals surface area contributed by atoms with Crippen LogP contribution < -0.4 is 0 Å². The molecule has 0 saturated heterocycles. The first-order chi connectivity index (χ1) is 21.3. The predicted molar refractivity (Wildman–Crippen MR) is 180 cm³/mol. The van der Waals surface area contributed by atoms with Crippen LogP contribution in [0.25, 0.3) is 82.6 Å². The number of aromatic nitrogens is 3. The highest BCUT2D eigenvalue weighted by atomic mass is 15.2. The Hall–Kier alpha value is -5.80. The molecule has 43 heavy (non-hydrogen) atoms. The molecule has 0 atom stereocenters. The van der Waals surface area contributed by atoms with Crippen molar-refractivity contribution in [2.45, 2.75) is 0 Å². The van der Waals surface area contributed by atoms with Gasteiger partial charge >= 0.3 is 0 Å². The van der Waals surface area contributed by atoms with Crippen molar-refractivity contribution in [3.8, 4) is 28.3 Å². The van der Waals surface area contributed by atoms with Crippen LogP contribution >= 0.6 is 0 Å². The number of fused-ring (bicyclic) bond motifs is 6. The fraction of sp³-hybridized carbons (Fsp3) is 0. The second kappa shape index (κ2) is 9.37. The smallest absolute Gasteiger partial charge is 0.235 e. The van der Waals surface area contributed by atoms with Gasteiger partial charge in [-0.3, -0.25) is 4.57 Å². The van der Waals surface area contributed by atoms with E-state index in [1.807, 2.05) is 0 Å². The minimum absolute atomic E-state index is 0.673. The molecule has 0 N–H and O–H groups in total. The summed E-state index contributed by atoms with van der Waals surface area (Å²) in [6, 6.07) is 53.7. The average molecular weight is 548 g/mol. The Labute approximate surface area is 248 Å². The van der Waals surface area contributed by atoms with Crippen LogP contribution in [0, 0.1) is 0 Å². The molecule has 0 spiro atoms. The highest BCUT2D eigenvalue weighted by Crippen LogP contribution is 2.39. The molecular weight excluding hydrogens is 522 g/mol. The average Bonchev–Trinajstić information content (AvgIpc) is 3.40. The van der Waals surface area contributed by atoms with Crippen molar-refractivity contribution in [3.05, 3.63) is 152 Å². The van der Waals surface area contributed by atoms with E-state index in [1.165, 1.54) is 43.4 Å². The Morgan fingerprint density at radius 1 is 0.395 bits per heavy atom.